The van der Waals surface area contributed by atoms with Crippen LogP contribution in [0.5, 0.6) is 0 Å². The van der Waals surface area contributed by atoms with Gasteiger partial charge in [-0.1, -0.05) is 0 Å². The van der Waals surface area contributed by atoms with Crippen molar-refractivity contribution in [2.45, 2.75) is 0 Å². The van der Waals surface area contributed by atoms with Crippen molar-refractivity contribution in [3.63, 3.8) is 0 Å². The van der Waals surface area contributed by atoms with Crippen LogP contribution in [0.1, 0.15) is 0 Å². The van der Waals surface area contributed by atoms with Crippen molar-refractivity contribution in [2.24, 2.45) is 0 Å². The molecule has 5 nitrogen and oxygen atoms in total. The molecular formula is H4NNaO4W. The van der Waals surface area contributed by atoms with E-state index in [0.29, 0.717) is 0 Å². The molecular weight excluding hydrogens is 285 g/mol. The summed E-state index contributed by atoms with van der Waals surface area (Å²) < 4.78 is 34.6. The van der Waals surface area contributed by atoms with E-state index < -0.39 is 16.7 Å². The van der Waals surface area contributed by atoms with E-state index in [1.54, 1.807) is 0 Å². The van der Waals surface area contributed by atoms with E-state index >= 15 is 0 Å². The van der Waals surface area contributed by atoms with Gasteiger partial charge in [-0.25, -0.2) is 0 Å². The van der Waals surface area contributed by atoms with Crippen molar-refractivity contribution < 1.29 is 60.6 Å². The van der Waals surface area contributed by atoms with Gasteiger partial charge in [0, 0.05) is 0 Å². The maximum absolute atomic E-state index is 8.65. The molecule has 0 aromatic carbocycles. The second-order valence-electron chi connectivity index (χ2n) is 0.408. The first-order chi connectivity index (χ1) is 2.00. The first-order valence-corrected chi connectivity index (χ1v) is 5.46. The average Bonchev–Trinajstić information content (AvgIpc) is 0.722. The molecule has 0 bridgehead atoms. The normalized spacial score (nSPS) is 8.29. The minimum atomic E-state index is -6.17. The summed E-state index contributed by atoms with van der Waals surface area (Å²) in [6.45, 7) is 0. The third kappa shape index (κ3) is 140. The summed E-state index contributed by atoms with van der Waals surface area (Å²) in [5.74, 6) is 0. The monoisotopic (exact) mass is 289 g/mol. The Hall–Kier alpha value is 1.17. The van der Waals surface area contributed by atoms with Crippen molar-refractivity contribution in [2.75, 3.05) is 0 Å². The Balaban J connectivity index is -0.0000000800. The van der Waals surface area contributed by atoms with E-state index in [4.69, 9.17) is 14.3 Å². The Morgan fingerprint density at radius 2 is 1.14 bits per heavy atom. The average molecular weight is 289 g/mol. The van der Waals surface area contributed by atoms with Crippen LogP contribution in [0.15, 0.2) is 0 Å². The van der Waals surface area contributed by atoms with E-state index in [9.17, 15) is 0 Å². The summed E-state index contributed by atoms with van der Waals surface area (Å²) in [6.07, 6.45) is 0. The second-order valence-corrected chi connectivity index (χ2v) is 3.34. The van der Waals surface area contributed by atoms with E-state index in [2.05, 4.69) is 0 Å². The first kappa shape index (κ1) is 15.7. The maximum atomic E-state index is 8.65. The van der Waals surface area contributed by atoms with Gasteiger partial charge in [-0.15, -0.1) is 0 Å². The van der Waals surface area contributed by atoms with Gasteiger partial charge in [-0.05, 0) is 0 Å². The van der Waals surface area contributed by atoms with Crippen LogP contribution in [-0.2, 0) is 23.5 Å². The summed E-state index contributed by atoms with van der Waals surface area (Å²) in [4.78, 5) is 0. The Morgan fingerprint density at radius 1 is 1.14 bits per heavy atom. The van der Waals surface area contributed by atoms with Crippen LogP contribution in [0.25, 0.3) is 0 Å². The van der Waals surface area contributed by atoms with Gasteiger partial charge in [0.1, 0.15) is 0 Å². The van der Waals surface area contributed by atoms with Crippen LogP contribution in [0.4, 0.5) is 0 Å². The zero-order valence-electron chi connectivity index (χ0n) is 4.04. The minimum absolute atomic E-state index is 0. The fourth-order valence-corrected chi connectivity index (χ4v) is 0. The summed E-state index contributed by atoms with van der Waals surface area (Å²) in [7, 11) is 0. The van der Waals surface area contributed by atoms with Crippen molar-refractivity contribution in [3.05, 3.63) is 0 Å². The summed E-state index contributed by atoms with van der Waals surface area (Å²) in [5, 5.41) is 0. The molecule has 0 spiro atoms. The topological polar surface area (TPSA) is 117 Å². The van der Waals surface area contributed by atoms with Gasteiger partial charge in [0.25, 0.3) is 0 Å². The predicted molar refractivity (Wildman–Crippen MR) is 7.36 cm³/mol. The molecule has 0 rings (SSSR count). The van der Waals surface area contributed by atoms with Crippen LogP contribution >= 0.6 is 0 Å². The number of rotatable bonds is 0. The zero-order valence-corrected chi connectivity index (χ0v) is 8.97. The predicted octanol–water partition coefficient (Wildman–Crippen LogP) is -5.24. The van der Waals surface area contributed by atoms with Crippen LogP contribution in [-0.4, -0.2) is 0 Å². The van der Waals surface area contributed by atoms with Gasteiger partial charge in [-0.3, -0.25) is 0 Å². The van der Waals surface area contributed by atoms with Gasteiger partial charge in [0.15, 0.2) is 0 Å². The molecule has 0 radical (unpaired) electrons. The Morgan fingerprint density at radius 3 is 1.14 bits per heavy atom. The van der Waals surface area contributed by atoms with Crippen molar-refractivity contribution in [1.29, 1.82) is 0 Å². The van der Waals surface area contributed by atoms with Gasteiger partial charge >= 0.3 is 60.6 Å². The fourth-order valence-electron chi connectivity index (χ4n) is 0. The van der Waals surface area contributed by atoms with Gasteiger partial charge in [0.05, 0.1) is 0 Å². The quantitative estimate of drug-likeness (QED) is 0.448. The third-order valence-electron chi connectivity index (χ3n) is 0. The van der Waals surface area contributed by atoms with Gasteiger partial charge in [-0.2, -0.15) is 0 Å². The third-order valence-corrected chi connectivity index (χ3v) is 0. The standard InChI is InChI=1S/H3N.Na.4O.W/h1H3;;;;;;/q;+1;;;2*-1;/p+1. The molecule has 0 aromatic heterocycles. The Kier molecular flexibility index (Phi) is 11.9. The van der Waals surface area contributed by atoms with E-state index in [1.165, 1.54) is 0 Å². The molecule has 0 aliphatic carbocycles. The first-order valence-electron chi connectivity index (χ1n) is 0.667. The molecule has 0 saturated heterocycles. The van der Waals surface area contributed by atoms with E-state index in [-0.39, 0.29) is 35.7 Å². The van der Waals surface area contributed by atoms with Crippen LogP contribution < -0.4 is 43.2 Å². The second kappa shape index (κ2) is 5.31. The number of hydrogen-bond donors (Lipinski definition) is 1. The van der Waals surface area contributed by atoms with E-state index in [0.717, 1.165) is 0 Å². The number of hydrogen-bond acceptors (Lipinski definition) is 4. The van der Waals surface area contributed by atoms with Crippen molar-refractivity contribution >= 4 is 0 Å². The summed E-state index contributed by atoms with van der Waals surface area (Å²) in [6, 6.07) is 0. The van der Waals surface area contributed by atoms with Gasteiger partial charge < -0.3 is 6.15 Å². The van der Waals surface area contributed by atoms with Crippen molar-refractivity contribution in [1.82, 2.24) is 6.15 Å². The molecule has 40 valence electrons. The zero-order chi connectivity index (χ0) is 4.50. The summed E-state index contributed by atoms with van der Waals surface area (Å²) >= 11 is -6.17. The van der Waals surface area contributed by atoms with Gasteiger partial charge in [0.2, 0.25) is 0 Å². The van der Waals surface area contributed by atoms with Crippen molar-refractivity contribution in [3.8, 4) is 0 Å². The molecule has 0 aliphatic heterocycles. The van der Waals surface area contributed by atoms with Crippen LogP contribution in [0.3, 0.4) is 0 Å². The fraction of sp³-hybridized carbons (Fsp3) is 0. The molecule has 0 aromatic rings. The van der Waals surface area contributed by atoms with Crippen LogP contribution in [0.2, 0.25) is 0 Å². The SMILES string of the molecule is [NH4+].[Na+].[O]=[W](=[O])([O-])[O-]. The molecule has 0 saturated carbocycles. The Bertz CT molecular complexity index is 94.9. The molecule has 0 fully saturated rings. The molecule has 7 heavy (non-hydrogen) atoms. The molecule has 0 unspecified atom stereocenters. The molecule has 4 N–H and O–H groups in total. The molecule has 0 aliphatic rings. The number of quaternary nitrogens is 1. The molecule has 0 amide bonds. The molecule has 0 atom stereocenters. The Labute approximate surface area is 66.3 Å². The van der Waals surface area contributed by atoms with E-state index in [1.807, 2.05) is 0 Å². The summed E-state index contributed by atoms with van der Waals surface area (Å²) in [5.41, 5.74) is 0. The molecule has 0 heterocycles. The molecule has 7 heteroatoms. The van der Waals surface area contributed by atoms with Crippen LogP contribution in [0, 0.1) is 0 Å².